The standard InChI is InChI=1S/C13H8I2O5S/c14-9-3-6-12(11(15)7-9)20-13(16)8-1-4-10(5-2-8)21(17,18)19/h1-7H,(H,17,18,19)/p-1. The molecule has 0 unspecified atom stereocenters. The minimum Gasteiger partial charge on any atom is -0.744 e. The number of carbonyl (C=O) groups is 1. The van der Waals surface area contributed by atoms with Gasteiger partial charge < -0.3 is 9.29 Å². The van der Waals surface area contributed by atoms with Gasteiger partial charge in [0.1, 0.15) is 15.9 Å². The predicted molar refractivity (Wildman–Crippen MR) is 91.2 cm³/mol. The Morgan fingerprint density at radius 2 is 1.67 bits per heavy atom. The van der Waals surface area contributed by atoms with Crippen LogP contribution in [0.2, 0.25) is 0 Å². The van der Waals surface area contributed by atoms with Crippen LogP contribution in [-0.2, 0) is 10.1 Å². The lowest BCUT2D eigenvalue weighted by Gasteiger charge is -2.09. The number of hydrogen-bond acceptors (Lipinski definition) is 5. The lowest BCUT2D eigenvalue weighted by atomic mass is 10.2. The van der Waals surface area contributed by atoms with Crippen molar-refractivity contribution in [1.29, 1.82) is 0 Å². The van der Waals surface area contributed by atoms with Crippen LogP contribution in [0.3, 0.4) is 0 Å². The second-order valence-corrected chi connectivity index (χ2v) is 7.73. The van der Waals surface area contributed by atoms with Gasteiger partial charge in [-0.2, -0.15) is 0 Å². The second-order valence-electron chi connectivity index (χ2n) is 3.94. The molecule has 110 valence electrons. The number of hydrogen-bond donors (Lipinski definition) is 0. The maximum atomic E-state index is 12.0. The van der Waals surface area contributed by atoms with Gasteiger partial charge in [-0.05, 0) is 87.6 Å². The molecule has 2 aromatic carbocycles. The molecule has 5 nitrogen and oxygen atoms in total. The van der Waals surface area contributed by atoms with Crippen LogP contribution in [0.15, 0.2) is 47.4 Å². The molecule has 0 atom stereocenters. The van der Waals surface area contributed by atoms with Crippen LogP contribution in [0, 0.1) is 7.14 Å². The Morgan fingerprint density at radius 1 is 1.05 bits per heavy atom. The van der Waals surface area contributed by atoms with Gasteiger partial charge >= 0.3 is 5.97 Å². The number of ether oxygens (including phenoxy) is 1. The first-order valence-electron chi connectivity index (χ1n) is 5.50. The summed E-state index contributed by atoms with van der Waals surface area (Å²) in [6.07, 6.45) is 0. The van der Waals surface area contributed by atoms with Crippen molar-refractivity contribution >= 4 is 61.3 Å². The summed E-state index contributed by atoms with van der Waals surface area (Å²) in [5.74, 6) is -0.203. The molecule has 0 aliphatic rings. The third-order valence-electron chi connectivity index (χ3n) is 2.48. The van der Waals surface area contributed by atoms with Crippen LogP contribution >= 0.6 is 45.2 Å². The molecule has 0 radical (unpaired) electrons. The zero-order chi connectivity index (χ0) is 15.6. The smallest absolute Gasteiger partial charge is 0.343 e. The Balaban J connectivity index is 2.21. The highest BCUT2D eigenvalue weighted by Gasteiger charge is 2.12. The van der Waals surface area contributed by atoms with E-state index in [0.717, 1.165) is 19.3 Å². The Morgan fingerprint density at radius 3 is 2.19 bits per heavy atom. The van der Waals surface area contributed by atoms with E-state index < -0.39 is 16.1 Å². The lowest BCUT2D eigenvalue weighted by Crippen LogP contribution is -2.10. The van der Waals surface area contributed by atoms with Gasteiger partial charge in [0.25, 0.3) is 0 Å². The summed E-state index contributed by atoms with van der Waals surface area (Å²) in [4.78, 5) is 11.6. The van der Waals surface area contributed by atoms with Crippen LogP contribution in [0.1, 0.15) is 10.4 Å². The van der Waals surface area contributed by atoms with Gasteiger partial charge in [-0.3, -0.25) is 0 Å². The molecule has 0 aromatic heterocycles. The van der Waals surface area contributed by atoms with Crippen LogP contribution < -0.4 is 4.74 Å². The van der Waals surface area contributed by atoms with Gasteiger partial charge in [-0.1, -0.05) is 0 Å². The minimum atomic E-state index is -4.52. The van der Waals surface area contributed by atoms with Crippen LogP contribution in [-0.4, -0.2) is 18.9 Å². The molecule has 0 N–H and O–H groups in total. The van der Waals surface area contributed by atoms with Gasteiger partial charge in [0, 0.05) is 3.57 Å². The highest BCUT2D eigenvalue weighted by molar-refractivity contribution is 14.1. The van der Waals surface area contributed by atoms with E-state index in [0.29, 0.717) is 5.75 Å². The van der Waals surface area contributed by atoms with Crippen LogP contribution in [0.25, 0.3) is 0 Å². The Kier molecular flexibility index (Phi) is 5.22. The van der Waals surface area contributed by atoms with Gasteiger partial charge in [-0.15, -0.1) is 0 Å². The molecule has 0 aliphatic carbocycles. The molecule has 0 saturated carbocycles. The van der Waals surface area contributed by atoms with Crippen molar-refractivity contribution in [3.05, 3.63) is 55.2 Å². The Hall–Kier alpha value is -0.720. The van der Waals surface area contributed by atoms with E-state index in [9.17, 15) is 17.8 Å². The van der Waals surface area contributed by atoms with E-state index in [1.807, 2.05) is 6.07 Å². The van der Waals surface area contributed by atoms with Crippen LogP contribution in [0.4, 0.5) is 0 Å². The average molecular weight is 529 g/mol. The molecule has 0 aliphatic heterocycles. The summed E-state index contributed by atoms with van der Waals surface area (Å²) in [6.45, 7) is 0. The largest absolute Gasteiger partial charge is 0.744 e. The number of halogens is 2. The van der Waals surface area contributed by atoms with E-state index in [2.05, 4.69) is 45.2 Å². The molecule has 2 rings (SSSR count). The van der Waals surface area contributed by atoms with Crippen molar-refractivity contribution in [1.82, 2.24) is 0 Å². The Labute approximate surface area is 148 Å². The SMILES string of the molecule is O=C(Oc1ccc(I)cc1I)c1ccc(S(=O)(=O)[O-])cc1. The van der Waals surface area contributed by atoms with E-state index in [-0.39, 0.29) is 10.5 Å². The molecule has 0 spiro atoms. The molecule has 8 heteroatoms. The molecule has 0 heterocycles. The molecule has 0 fully saturated rings. The van der Waals surface area contributed by atoms with E-state index in [1.165, 1.54) is 12.1 Å². The van der Waals surface area contributed by atoms with Crippen molar-refractivity contribution in [3.8, 4) is 5.75 Å². The van der Waals surface area contributed by atoms with Gasteiger partial charge in [-0.25, -0.2) is 13.2 Å². The summed E-state index contributed by atoms with van der Waals surface area (Å²) < 4.78 is 39.5. The summed E-state index contributed by atoms with van der Waals surface area (Å²) in [5.41, 5.74) is 0.164. The van der Waals surface area contributed by atoms with Gasteiger partial charge in [0.2, 0.25) is 0 Å². The summed E-state index contributed by atoms with van der Waals surface area (Å²) >= 11 is 4.20. The third kappa shape index (κ3) is 4.37. The number of rotatable bonds is 3. The quantitative estimate of drug-likeness (QED) is 0.265. The highest BCUT2D eigenvalue weighted by atomic mass is 127. The van der Waals surface area contributed by atoms with Crippen molar-refractivity contribution in [3.63, 3.8) is 0 Å². The normalized spacial score (nSPS) is 11.2. The Bertz CT molecular complexity index is 785. The number of benzene rings is 2. The summed E-state index contributed by atoms with van der Waals surface area (Å²) in [7, 11) is -4.52. The van der Waals surface area contributed by atoms with E-state index in [1.54, 1.807) is 12.1 Å². The highest BCUT2D eigenvalue weighted by Crippen LogP contribution is 2.24. The minimum absolute atomic E-state index is 0.164. The molecule has 0 bridgehead atoms. The van der Waals surface area contributed by atoms with Gasteiger partial charge in [0.05, 0.1) is 14.0 Å². The van der Waals surface area contributed by atoms with E-state index in [4.69, 9.17) is 4.74 Å². The first kappa shape index (κ1) is 16.6. The number of esters is 1. The molecule has 2 aromatic rings. The third-order valence-corrected chi connectivity index (χ3v) is 4.84. The zero-order valence-electron chi connectivity index (χ0n) is 10.2. The summed E-state index contributed by atoms with van der Waals surface area (Å²) in [5, 5.41) is 0. The maximum Gasteiger partial charge on any atom is 0.343 e. The maximum absolute atomic E-state index is 12.0. The second kappa shape index (κ2) is 6.58. The average Bonchev–Trinajstić information content (AvgIpc) is 2.41. The fourth-order valence-electron chi connectivity index (χ4n) is 1.47. The number of carbonyl (C=O) groups excluding carboxylic acids is 1. The molecule has 0 amide bonds. The molecule has 0 saturated heterocycles. The fourth-order valence-corrected chi connectivity index (χ4v) is 3.66. The van der Waals surface area contributed by atoms with Crippen molar-refractivity contribution in [2.45, 2.75) is 4.90 Å². The fraction of sp³-hybridized carbons (Fsp3) is 0. The van der Waals surface area contributed by atoms with Crippen LogP contribution in [0.5, 0.6) is 5.75 Å². The first-order chi connectivity index (χ1) is 9.77. The molecule has 21 heavy (non-hydrogen) atoms. The zero-order valence-corrected chi connectivity index (χ0v) is 15.4. The van der Waals surface area contributed by atoms with Crippen molar-refractivity contribution in [2.75, 3.05) is 0 Å². The lowest BCUT2D eigenvalue weighted by molar-refractivity contribution is 0.0733. The summed E-state index contributed by atoms with van der Waals surface area (Å²) in [6, 6.07) is 9.99. The first-order valence-corrected chi connectivity index (χ1v) is 9.07. The van der Waals surface area contributed by atoms with Gasteiger partial charge in [0.15, 0.2) is 0 Å². The molecular formula is C13H7I2O5S-. The van der Waals surface area contributed by atoms with E-state index >= 15 is 0 Å². The van der Waals surface area contributed by atoms with Crippen molar-refractivity contribution < 1.29 is 22.5 Å². The molecular weight excluding hydrogens is 522 g/mol. The van der Waals surface area contributed by atoms with Crippen molar-refractivity contribution in [2.24, 2.45) is 0 Å². The predicted octanol–water partition coefficient (Wildman–Crippen LogP) is 3.02. The monoisotopic (exact) mass is 529 g/mol. The topological polar surface area (TPSA) is 83.5 Å².